The van der Waals surface area contributed by atoms with Gasteiger partial charge in [0.05, 0.1) is 13.0 Å². The van der Waals surface area contributed by atoms with E-state index < -0.39 is 36.8 Å². The minimum Gasteiger partial charge on any atom is -0.465 e. The maximum Gasteiger partial charge on any atom is 0.310 e. The van der Waals surface area contributed by atoms with Gasteiger partial charge in [-0.05, 0) is 61.2 Å². The molecule has 1 unspecified atom stereocenters. The summed E-state index contributed by atoms with van der Waals surface area (Å²) in [5, 5.41) is 0. The van der Waals surface area contributed by atoms with Gasteiger partial charge in [0, 0.05) is 43.4 Å². The molecule has 4 aliphatic rings. The molecule has 0 bridgehead atoms. The van der Waals surface area contributed by atoms with E-state index in [0.29, 0.717) is 38.5 Å². The van der Waals surface area contributed by atoms with Gasteiger partial charge in [-0.1, -0.05) is 13.8 Å². The van der Waals surface area contributed by atoms with Gasteiger partial charge in [0.2, 0.25) is 0 Å². The lowest BCUT2D eigenvalue weighted by atomic mass is 9.44. The summed E-state index contributed by atoms with van der Waals surface area (Å²) in [6.45, 7) is 3.36. The minimum absolute atomic E-state index is 0.0122. The molecule has 0 aromatic heterocycles. The molecule has 0 radical (unpaired) electrons. The van der Waals surface area contributed by atoms with Crippen molar-refractivity contribution in [1.82, 2.24) is 0 Å². The Balaban J connectivity index is 1.36. The third-order valence-corrected chi connectivity index (χ3v) is 10.3. The van der Waals surface area contributed by atoms with Crippen LogP contribution in [-0.2, 0) is 23.9 Å². The molecule has 0 aromatic rings. The lowest BCUT2D eigenvalue weighted by molar-refractivity contribution is -0.165. The second-order valence-corrected chi connectivity index (χ2v) is 12.0. The van der Waals surface area contributed by atoms with E-state index in [2.05, 4.69) is 6.92 Å². The van der Waals surface area contributed by atoms with E-state index in [4.69, 9.17) is 4.74 Å². The van der Waals surface area contributed by atoms with Crippen LogP contribution in [0, 0.1) is 40.4 Å². The quantitative estimate of drug-likeness (QED) is 0.311. The number of carbonyl (C=O) groups is 4. The first-order chi connectivity index (χ1) is 16.8. The highest BCUT2D eigenvalue weighted by Gasteiger charge is 2.65. The Morgan fingerprint density at radius 2 is 1.81 bits per heavy atom. The smallest absolute Gasteiger partial charge is 0.310 e. The summed E-state index contributed by atoms with van der Waals surface area (Å²) in [5.41, 5.74) is -0.819. The van der Waals surface area contributed by atoms with Crippen LogP contribution < -0.4 is 0 Å². The zero-order chi connectivity index (χ0) is 26.5. The zero-order valence-electron chi connectivity index (χ0n) is 21.0. The van der Waals surface area contributed by atoms with Gasteiger partial charge in [-0.2, -0.15) is 0 Å². The predicted octanol–water partition coefficient (Wildman–Crippen LogP) is 5.58. The molecule has 4 rings (SSSR count). The third kappa shape index (κ3) is 4.64. The maximum atomic E-state index is 13.6. The molecule has 0 aliphatic heterocycles. The summed E-state index contributed by atoms with van der Waals surface area (Å²) in [5.74, 6) is -4.55. The topological polar surface area (TPSA) is 77.5 Å². The van der Waals surface area contributed by atoms with Crippen LogP contribution in [0.2, 0.25) is 0 Å². The summed E-state index contributed by atoms with van der Waals surface area (Å²) in [4.78, 5) is 51.0. The molecule has 0 spiro atoms. The summed E-state index contributed by atoms with van der Waals surface area (Å²) >= 11 is 0. The van der Waals surface area contributed by atoms with Crippen LogP contribution in [0.3, 0.4) is 0 Å². The Kier molecular flexibility index (Phi) is 7.43. The van der Waals surface area contributed by atoms with Gasteiger partial charge < -0.3 is 4.74 Å². The van der Waals surface area contributed by atoms with E-state index in [1.54, 1.807) is 0 Å². The molecule has 7 atom stereocenters. The van der Waals surface area contributed by atoms with Crippen LogP contribution in [0.15, 0.2) is 0 Å². The van der Waals surface area contributed by atoms with Gasteiger partial charge in [-0.15, -0.1) is 0 Å². The number of halogens is 4. The summed E-state index contributed by atoms with van der Waals surface area (Å²) in [6.07, 6.45) is -0.116. The van der Waals surface area contributed by atoms with E-state index in [0.717, 1.165) is 19.3 Å². The van der Waals surface area contributed by atoms with Crippen molar-refractivity contribution in [2.24, 2.45) is 40.4 Å². The van der Waals surface area contributed by atoms with Crippen LogP contribution >= 0.6 is 0 Å². The van der Waals surface area contributed by atoms with E-state index in [1.165, 1.54) is 0 Å². The number of ether oxygens (including phenoxy) is 1. The molecule has 202 valence electrons. The van der Waals surface area contributed by atoms with Gasteiger partial charge in [0.1, 0.15) is 17.3 Å². The van der Waals surface area contributed by atoms with Crippen LogP contribution in [0.1, 0.15) is 84.5 Å². The summed E-state index contributed by atoms with van der Waals surface area (Å²) in [6, 6.07) is 0. The van der Waals surface area contributed by atoms with Crippen molar-refractivity contribution in [3.63, 3.8) is 0 Å². The lowest BCUT2D eigenvalue weighted by Gasteiger charge is -2.58. The fraction of sp³-hybridized carbons (Fsp3) is 0.852. The highest BCUT2D eigenvalue weighted by atomic mass is 19.3. The van der Waals surface area contributed by atoms with Gasteiger partial charge in [0.15, 0.2) is 0 Å². The fourth-order valence-corrected chi connectivity index (χ4v) is 8.00. The molecule has 0 amide bonds. The zero-order valence-corrected chi connectivity index (χ0v) is 21.0. The first kappa shape index (κ1) is 27.2. The molecule has 0 N–H and O–H groups in total. The monoisotopic (exact) mass is 516 g/mol. The van der Waals surface area contributed by atoms with Crippen molar-refractivity contribution in [2.45, 2.75) is 96.8 Å². The van der Waals surface area contributed by atoms with Crippen molar-refractivity contribution >= 4 is 23.3 Å². The van der Waals surface area contributed by atoms with E-state index in [1.807, 2.05) is 6.92 Å². The molecule has 4 saturated carbocycles. The average Bonchev–Trinajstić information content (AvgIpc) is 3.13. The molecular weight excluding hydrogens is 480 g/mol. The number of rotatable bonds is 8. The molecule has 36 heavy (non-hydrogen) atoms. The Bertz CT molecular complexity index is 920. The van der Waals surface area contributed by atoms with Crippen LogP contribution in [0.25, 0.3) is 0 Å². The highest BCUT2D eigenvalue weighted by molar-refractivity contribution is 5.93. The Morgan fingerprint density at radius 1 is 1.08 bits per heavy atom. The number of alkyl halides is 4. The number of hydrogen-bond donors (Lipinski definition) is 0. The van der Waals surface area contributed by atoms with E-state index >= 15 is 0 Å². The SMILES string of the molecule is C[C@]12C(=O)C[C@H]3[C@@H](C(=O)CC4CC(=O)CC[C@@]43C)[C@@H]1CC[C@@H]2CCCC(=O)OCCC(F)(F)C(F)F. The number of hydrogen-bond acceptors (Lipinski definition) is 5. The van der Waals surface area contributed by atoms with Gasteiger partial charge in [0.25, 0.3) is 0 Å². The predicted molar refractivity (Wildman–Crippen MR) is 121 cm³/mol. The van der Waals surface area contributed by atoms with Crippen molar-refractivity contribution in [3.05, 3.63) is 0 Å². The Labute approximate surface area is 209 Å². The second-order valence-electron chi connectivity index (χ2n) is 12.0. The minimum atomic E-state index is -4.19. The Morgan fingerprint density at radius 3 is 2.50 bits per heavy atom. The Hall–Kier alpha value is -1.80. The largest absolute Gasteiger partial charge is 0.465 e. The third-order valence-electron chi connectivity index (χ3n) is 10.3. The summed E-state index contributed by atoms with van der Waals surface area (Å²) in [7, 11) is 0. The molecule has 4 fully saturated rings. The van der Waals surface area contributed by atoms with Gasteiger partial charge in [-0.25, -0.2) is 17.6 Å². The van der Waals surface area contributed by atoms with Crippen LogP contribution in [0.4, 0.5) is 17.6 Å². The standard InChI is InChI=1S/C27H36F4O5/c1-25-9-8-17(32)12-16(25)13-20(33)23-18-7-6-15(26(18,2)21(34)14-19(23)25)4-3-5-22(35)36-11-10-27(30,31)24(28)29/h15-16,18-19,23-24H,3-14H2,1-2H3/t15-,16?,18-,19-,23-,25-,26+/m0/s1. The molecule has 4 aliphatic carbocycles. The second kappa shape index (κ2) is 9.82. The fourth-order valence-electron chi connectivity index (χ4n) is 8.00. The number of carbonyl (C=O) groups excluding carboxylic acids is 4. The molecule has 5 nitrogen and oxygen atoms in total. The normalized spacial score (nSPS) is 38.5. The number of Topliss-reactive ketones (excluding diaryl/α,β-unsaturated/α-hetero) is 3. The average molecular weight is 517 g/mol. The van der Waals surface area contributed by atoms with Gasteiger partial charge >= 0.3 is 18.3 Å². The summed E-state index contributed by atoms with van der Waals surface area (Å²) < 4.78 is 55.0. The van der Waals surface area contributed by atoms with Crippen LogP contribution in [-0.4, -0.2) is 42.3 Å². The number of fused-ring (bicyclic) bond motifs is 5. The first-order valence-electron chi connectivity index (χ1n) is 13.2. The number of esters is 1. The van der Waals surface area contributed by atoms with E-state index in [9.17, 15) is 36.7 Å². The maximum absolute atomic E-state index is 13.6. The molecule has 9 heteroatoms. The molecule has 0 aromatic carbocycles. The first-order valence-corrected chi connectivity index (χ1v) is 13.2. The molecular formula is C27H36F4O5. The van der Waals surface area contributed by atoms with Crippen LogP contribution in [0.5, 0.6) is 0 Å². The molecule has 0 saturated heterocycles. The van der Waals surface area contributed by atoms with Crippen molar-refractivity contribution in [1.29, 1.82) is 0 Å². The van der Waals surface area contributed by atoms with Gasteiger partial charge in [-0.3, -0.25) is 19.2 Å². The molecule has 0 heterocycles. The van der Waals surface area contributed by atoms with Crippen molar-refractivity contribution < 1.29 is 41.5 Å². The van der Waals surface area contributed by atoms with E-state index in [-0.39, 0.29) is 58.8 Å². The van der Waals surface area contributed by atoms with Crippen molar-refractivity contribution in [2.75, 3.05) is 6.61 Å². The lowest BCUT2D eigenvalue weighted by Crippen LogP contribution is -2.59. The highest BCUT2D eigenvalue weighted by Crippen LogP contribution is 2.65. The van der Waals surface area contributed by atoms with Crippen molar-refractivity contribution in [3.8, 4) is 0 Å². The number of ketones is 3.